The van der Waals surface area contributed by atoms with E-state index in [0.717, 1.165) is 5.56 Å². The minimum Gasteiger partial charge on any atom is -0.444 e. The van der Waals surface area contributed by atoms with E-state index < -0.39 is 17.8 Å². The first-order valence-electron chi connectivity index (χ1n) is 7.13. The quantitative estimate of drug-likeness (QED) is 0.811. The number of carbonyl (C=O) groups excluding carboxylic acids is 1. The van der Waals surface area contributed by atoms with Crippen LogP contribution in [0.15, 0.2) is 30.3 Å². The topological polar surface area (TPSA) is 67.8 Å². The summed E-state index contributed by atoms with van der Waals surface area (Å²) in [6, 6.07) is 9.77. The highest BCUT2D eigenvalue weighted by Gasteiger charge is 2.15. The standard InChI is InChI=1S/C16H25NO4/c1-16(2,3)21-15(19)17-10-9-14(18)12-20-11-13-7-5-4-6-8-13/h4-8,14,18H,9-12H2,1-3H3,(H,17,19)/t14-/m0/s1. The maximum absolute atomic E-state index is 11.4. The fourth-order valence-electron chi connectivity index (χ4n) is 1.63. The van der Waals surface area contributed by atoms with Crippen LogP contribution in [0.2, 0.25) is 0 Å². The molecule has 0 saturated carbocycles. The number of amides is 1. The van der Waals surface area contributed by atoms with E-state index in [9.17, 15) is 9.90 Å². The number of benzene rings is 1. The number of alkyl carbamates (subject to hydrolysis) is 1. The number of nitrogens with one attached hydrogen (secondary N) is 1. The molecule has 0 aliphatic rings. The van der Waals surface area contributed by atoms with Crippen LogP contribution < -0.4 is 5.32 Å². The van der Waals surface area contributed by atoms with Gasteiger partial charge in [0.25, 0.3) is 0 Å². The van der Waals surface area contributed by atoms with Gasteiger partial charge in [-0.25, -0.2) is 4.79 Å². The molecule has 1 aromatic carbocycles. The van der Waals surface area contributed by atoms with Gasteiger partial charge in [-0.15, -0.1) is 0 Å². The first kappa shape index (κ1) is 17.5. The summed E-state index contributed by atoms with van der Waals surface area (Å²) in [7, 11) is 0. The van der Waals surface area contributed by atoms with Crippen LogP contribution in [-0.4, -0.2) is 36.1 Å². The first-order chi connectivity index (χ1) is 9.87. The van der Waals surface area contributed by atoms with Crippen molar-refractivity contribution in [3.05, 3.63) is 35.9 Å². The normalized spacial score (nSPS) is 12.8. The van der Waals surface area contributed by atoms with Gasteiger partial charge in [-0.3, -0.25) is 0 Å². The largest absolute Gasteiger partial charge is 0.444 e. The van der Waals surface area contributed by atoms with Crippen LogP contribution in [0.3, 0.4) is 0 Å². The number of hydrogen-bond donors (Lipinski definition) is 2. The van der Waals surface area contributed by atoms with Crippen molar-refractivity contribution in [1.29, 1.82) is 0 Å². The van der Waals surface area contributed by atoms with Gasteiger partial charge in [0, 0.05) is 6.54 Å². The molecule has 1 amide bonds. The molecule has 0 fully saturated rings. The van der Waals surface area contributed by atoms with E-state index in [2.05, 4.69) is 5.32 Å². The molecule has 2 N–H and O–H groups in total. The summed E-state index contributed by atoms with van der Waals surface area (Å²) in [5.41, 5.74) is 0.554. The zero-order valence-corrected chi connectivity index (χ0v) is 13.0. The minimum absolute atomic E-state index is 0.241. The molecule has 0 bridgehead atoms. The molecule has 0 aliphatic carbocycles. The zero-order valence-electron chi connectivity index (χ0n) is 13.0. The monoisotopic (exact) mass is 295 g/mol. The fourth-order valence-corrected chi connectivity index (χ4v) is 1.63. The average molecular weight is 295 g/mol. The van der Waals surface area contributed by atoms with Gasteiger partial charge in [-0.1, -0.05) is 30.3 Å². The highest BCUT2D eigenvalue weighted by Crippen LogP contribution is 2.06. The van der Waals surface area contributed by atoms with Crippen LogP contribution in [0, 0.1) is 0 Å². The Kier molecular flexibility index (Phi) is 7.19. The summed E-state index contributed by atoms with van der Waals surface area (Å²) in [4.78, 5) is 11.4. The van der Waals surface area contributed by atoms with Gasteiger partial charge < -0.3 is 19.9 Å². The number of hydrogen-bond acceptors (Lipinski definition) is 4. The van der Waals surface area contributed by atoms with E-state index in [0.29, 0.717) is 19.6 Å². The van der Waals surface area contributed by atoms with E-state index in [4.69, 9.17) is 9.47 Å². The minimum atomic E-state index is -0.608. The molecule has 0 unspecified atom stereocenters. The van der Waals surface area contributed by atoms with E-state index >= 15 is 0 Å². The second-order valence-electron chi connectivity index (χ2n) is 5.87. The Morgan fingerprint density at radius 2 is 1.95 bits per heavy atom. The Labute approximate surface area is 126 Å². The SMILES string of the molecule is CC(C)(C)OC(=O)NCC[C@H](O)COCc1ccccc1. The van der Waals surface area contributed by atoms with E-state index in [-0.39, 0.29) is 6.61 Å². The molecule has 118 valence electrons. The van der Waals surface area contributed by atoms with Crippen molar-refractivity contribution in [3.8, 4) is 0 Å². The molecule has 0 saturated heterocycles. The molecule has 5 nitrogen and oxygen atoms in total. The summed E-state index contributed by atoms with van der Waals surface area (Å²) in [5.74, 6) is 0. The first-order valence-corrected chi connectivity index (χ1v) is 7.13. The summed E-state index contributed by atoms with van der Waals surface area (Å²) in [6.45, 7) is 6.48. The Bertz CT molecular complexity index is 414. The van der Waals surface area contributed by atoms with Crippen LogP contribution in [0.1, 0.15) is 32.8 Å². The molecule has 1 atom stereocenters. The van der Waals surface area contributed by atoms with Gasteiger partial charge >= 0.3 is 6.09 Å². The lowest BCUT2D eigenvalue weighted by atomic mass is 10.2. The lowest BCUT2D eigenvalue weighted by Gasteiger charge is -2.20. The summed E-state index contributed by atoms with van der Waals surface area (Å²) in [5, 5.41) is 12.4. The number of ether oxygens (including phenoxy) is 2. The van der Waals surface area contributed by atoms with Crippen molar-refractivity contribution in [2.75, 3.05) is 13.2 Å². The van der Waals surface area contributed by atoms with Crippen LogP contribution in [-0.2, 0) is 16.1 Å². The predicted octanol–water partition coefficient (Wildman–Crippen LogP) is 2.48. The molecule has 21 heavy (non-hydrogen) atoms. The summed E-state index contributed by atoms with van der Waals surface area (Å²) in [6.07, 6.45) is -0.655. The zero-order chi connectivity index (χ0) is 15.7. The Morgan fingerprint density at radius 1 is 1.29 bits per heavy atom. The molecular weight excluding hydrogens is 270 g/mol. The van der Waals surface area contributed by atoms with E-state index in [1.807, 2.05) is 30.3 Å². The molecule has 1 aromatic rings. The molecule has 0 spiro atoms. The van der Waals surface area contributed by atoms with Crippen molar-refractivity contribution in [1.82, 2.24) is 5.32 Å². The maximum atomic E-state index is 11.4. The number of carbonyl (C=O) groups is 1. The number of aliphatic hydroxyl groups is 1. The summed E-state index contributed by atoms with van der Waals surface area (Å²) >= 11 is 0. The van der Waals surface area contributed by atoms with Gasteiger partial charge in [0.15, 0.2) is 0 Å². The van der Waals surface area contributed by atoms with Gasteiger partial charge in [-0.05, 0) is 32.8 Å². The Hall–Kier alpha value is -1.59. The molecule has 0 aliphatic heterocycles. The average Bonchev–Trinajstić information content (AvgIpc) is 2.38. The predicted molar refractivity (Wildman–Crippen MR) is 81.0 cm³/mol. The van der Waals surface area contributed by atoms with Crippen molar-refractivity contribution >= 4 is 6.09 Å². The van der Waals surface area contributed by atoms with Crippen molar-refractivity contribution in [2.45, 2.75) is 45.5 Å². The van der Waals surface area contributed by atoms with Crippen LogP contribution in [0.4, 0.5) is 4.79 Å². The lowest BCUT2D eigenvalue weighted by Crippen LogP contribution is -2.34. The third kappa shape index (κ3) is 9.05. The van der Waals surface area contributed by atoms with Crippen LogP contribution in [0.5, 0.6) is 0 Å². The Balaban J connectivity index is 2.09. The highest BCUT2D eigenvalue weighted by molar-refractivity contribution is 5.67. The van der Waals surface area contributed by atoms with Gasteiger partial charge in [0.05, 0.1) is 19.3 Å². The van der Waals surface area contributed by atoms with Gasteiger partial charge in [-0.2, -0.15) is 0 Å². The second-order valence-corrected chi connectivity index (χ2v) is 5.87. The smallest absolute Gasteiger partial charge is 0.407 e. The lowest BCUT2D eigenvalue weighted by molar-refractivity contribution is 0.0231. The van der Waals surface area contributed by atoms with Crippen molar-refractivity contribution in [2.24, 2.45) is 0 Å². The Morgan fingerprint density at radius 3 is 2.57 bits per heavy atom. The number of aliphatic hydroxyl groups excluding tert-OH is 1. The highest BCUT2D eigenvalue weighted by atomic mass is 16.6. The molecule has 1 rings (SSSR count). The van der Waals surface area contributed by atoms with E-state index in [1.54, 1.807) is 20.8 Å². The van der Waals surface area contributed by atoms with E-state index in [1.165, 1.54) is 0 Å². The third-order valence-corrected chi connectivity index (χ3v) is 2.57. The second kappa shape index (κ2) is 8.64. The third-order valence-electron chi connectivity index (χ3n) is 2.57. The fraction of sp³-hybridized carbons (Fsp3) is 0.562. The van der Waals surface area contributed by atoms with Crippen molar-refractivity contribution in [3.63, 3.8) is 0 Å². The van der Waals surface area contributed by atoms with Gasteiger partial charge in [0.2, 0.25) is 0 Å². The molecule has 0 heterocycles. The molecule has 0 aromatic heterocycles. The summed E-state index contributed by atoms with van der Waals surface area (Å²) < 4.78 is 10.5. The van der Waals surface area contributed by atoms with Crippen LogP contribution in [0.25, 0.3) is 0 Å². The van der Waals surface area contributed by atoms with Gasteiger partial charge in [0.1, 0.15) is 5.60 Å². The molecular formula is C16H25NO4. The maximum Gasteiger partial charge on any atom is 0.407 e. The number of rotatable bonds is 7. The molecule has 5 heteroatoms. The van der Waals surface area contributed by atoms with Crippen molar-refractivity contribution < 1.29 is 19.4 Å². The van der Waals surface area contributed by atoms with Crippen LogP contribution >= 0.6 is 0 Å². The molecule has 0 radical (unpaired) electrons.